The molecule has 0 aromatic heterocycles. The number of phenols is 1. The summed E-state index contributed by atoms with van der Waals surface area (Å²) in [5.74, 6) is 0.130. The maximum absolute atomic E-state index is 9.51. The quantitative estimate of drug-likeness (QED) is 0.794. The van der Waals surface area contributed by atoms with Gasteiger partial charge in [0.2, 0.25) is 0 Å². The molecular formula is C11H16ClNO. The Balaban J connectivity index is 3.02. The van der Waals surface area contributed by atoms with Crippen molar-refractivity contribution in [2.75, 3.05) is 0 Å². The molecule has 3 N–H and O–H groups in total. The van der Waals surface area contributed by atoms with E-state index < -0.39 is 0 Å². The molecule has 0 amide bonds. The molecule has 78 valence electrons. The van der Waals surface area contributed by atoms with E-state index in [1.807, 2.05) is 26.8 Å². The van der Waals surface area contributed by atoms with Crippen molar-refractivity contribution in [2.45, 2.75) is 32.7 Å². The minimum absolute atomic E-state index is 0.130. The number of rotatable bonds is 2. The Bertz CT molecular complexity index is 319. The standard InChI is InChI=1S/C11H16ClNO/c1-7-4-8(6-11(2,3)13)5-9(14)10(7)12/h4-5,14H,6,13H2,1-3H3. The highest BCUT2D eigenvalue weighted by atomic mass is 35.5. The number of phenolic OH excluding ortho intramolecular Hbond substituents is 1. The van der Waals surface area contributed by atoms with Crippen molar-refractivity contribution in [1.82, 2.24) is 0 Å². The van der Waals surface area contributed by atoms with E-state index in [2.05, 4.69) is 0 Å². The highest BCUT2D eigenvalue weighted by Crippen LogP contribution is 2.29. The normalized spacial score (nSPS) is 11.8. The molecule has 0 saturated heterocycles. The van der Waals surface area contributed by atoms with Crippen molar-refractivity contribution in [2.24, 2.45) is 5.73 Å². The van der Waals surface area contributed by atoms with Crippen LogP contribution in [0.25, 0.3) is 0 Å². The molecule has 14 heavy (non-hydrogen) atoms. The van der Waals surface area contributed by atoms with Gasteiger partial charge in [0, 0.05) is 5.54 Å². The number of hydrogen-bond donors (Lipinski definition) is 2. The van der Waals surface area contributed by atoms with Gasteiger partial charge in [-0.3, -0.25) is 0 Å². The van der Waals surface area contributed by atoms with E-state index >= 15 is 0 Å². The Kier molecular flexibility index (Phi) is 3.07. The van der Waals surface area contributed by atoms with E-state index in [9.17, 15) is 5.11 Å². The minimum atomic E-state index is -0.271. The van der Waals surface area contributed by atoms with Gasteiger partial charge in [0.15, 0.2) is 0 Å². The van der Waals surface area contributed by atoms with Gasteiger partial charge >= 0.3 is 0 Å². The van der Waals surface area contributed by atoms with Crippen LogP contribution in [0.3, 0.4) is 0 Å². The van der Waals surface area contributed by atoms with Gasteiger partial charge in [-0.2, -0.15) is 0 Å². The summed E-state index contributed by atoms with van der Waals surface area (Å²) in [6.07, 6.45) is 0.721. The van der Waals surface area contributed by atoms with E-state index in [-0.39, 0.29) is 11.3 Å². The summed E-state index contributed by atoms with van der Waals surface area (Å²) in [6, 6.07) is 3.63. The topological polar surface area (TPSA) is 46.2 Å². The summed E-state index contributed by atoms with van der Waals surface area (Å²) < 4.78 is 0. The van der Waals surface area contributed by atoms with Gasteiger partial charge in [0.05, 0.1) is 5.02 Å². The molecule has 1 aromatic rings. The third-order valence-corrected chi connectivity index (χ3v) is 2.45. The number of aryl methyl sites for hydroxylation is 1. The predicted molar refractivity (Wildman–Crippen MR) is 59.8 cm³/mol. The summed E-state index contributed by atoms with van der Waals surface area (Å²) >= 11 is 5.84. The average molecular weight is 214 g/mol. The van der Waals surface area contributed by atoms with Crippen molar-refractivity contribution in [3.63, 3.8) is 0 Å². The second kappa shape index (κ2) is 3.79. The van der Waals surface area contributed by atoms with Crippen molar-refractivity contribution in [3.05, 3.63) is 28.3 Å². The number of aromatic hydroxyl groups is 1. The molecule has 1 rings (SSSR count). The summed E-state index contributed by atoms with van der Waals surface area (Å²) in [7, 11) is 0. The van der Waals surface area contributed by atoms with Crippen molar-refractivity contribution >= 4 is 11.6 Å². The summed E-state index contributed by atoms with van der Waals surface area (Å²) in [4.78, 5) is 0. The molecule has 1 aromatic carbocycles. The van der Waals surface area contributed by atoms with Gasteiger partial charge < -0.3 is 10.8 Å². The summed E-state index contributed by atoms with van der Waals surface area (Å²) in [5.41, 5.74) is 7.51. The van der Waals surface area contributed by atoms with Crippen LogP contribution < -0.4 is 5.73 Å². The largest absolute Gasteiger partial charge is 0.506 e. The van der Waals surface area contributed by atoms with Crippen LogP contribution in [0.4, 0.5) is 0 Å². The summed E-state index contributed by atoms with van der Waals surface area (Å²) in [6.45, 7) is 5.77. The molecule has 0 aliphatic carbocycles. The van der Waals surface area contributed by atoms with Crippen LogP contribution in [0, 0.1) is 6.92 Å². The van der Waals surface area contributed by atoms with Gasteiger partial charge in [-0.1, -0.05) is 17.7 Å². The zero-order chi connectivity index (χ0) is 10.9. The molecule has 2 nitrogen and oxygen atoms in total. The monoisotopic (exact) mass is 213 g/mol. The van der Waals surface area contributed by atoms with Crippen molar-refractivity contribution < 1.29 is 5.11 Å². The SMILES string of the molecule is Cc1cc(CC(C)(C)N)cc(O)c1Cl. The number of hydrogen-bond acceptors (Lipinski definition) is 2. The molecule has 0 aliphatic heterocycles. The second-order valence-corrected chi connectivity index (χ2v) is 4.79. The highest BCUT2D eigenvalue weighted by Gasteiger charge is 2.13. The fraction of sp³-hybridized carbons (Fsp3) is 0.455. The Hall–Kier alpha value is -0.730. The molecule has 0 spiro atoms. The van der Waals surface area contributed by atoms with Crippen LogP contribution in [0.1, 0.15) is 25.0 Å². The lowest BCUT2D eigenvalue weighted by atomic mass is 9.95. The first-order valence-electron chi connectivity index (χ1n) is 4.56. The van der Waals surface area contributed by atoms with Gasteiger partial charge in [-0.25, -0.2) is 0 Å². The van der Waals surface area contributed by atoms with E-state index in [1.54, 1.807) is 6.07 Å². The first-order valence-corrected chi connectivity index (χ1v) is 4.94. The fourth-order valence-electron chi connectivity index (χ4n) is 1.45. The van der Waals surface area contributed by atoms with Gasteiger partial charge in [0.25, 0.3) is 0 Å². The number of halogens is 1. The highest BCUT2D eigenvalue weighted by molar-refractivity contribution is 6.32. The van der Waals surface area contributed by atoms with E-state index in [0.717, 1.165) is 17.5 Å². The molecular weight excluding hydrogens is 198 g/mol. The maximum Gasteiger partial charge on any atom is 0.134 e. The smallest absolute Gasteiger partial charge is 0.134 e. The Labute approximate surface area is 89.7 Å². The minimum Gasteiger partial charge on any atom is -0.506 e. The van der Waals surface area contributed by atoms with Gasteiger partial charge in [-0.05, 0) is 44.4 Å². The van der Waals surface area contributed by atoms with Crippen LogP contribution in [0.2, 0.25) is 5.02 Å². The molecule has 0 saturated carbocycles. The van der Waals surface area contributed by atoms with Crippen LogP contribution in [-0.2, 0) is 6.42 Å². The third kappa shape index (κ3) is 2.89. The first-order chi connectivity index (χ1) is 6.29. The lowest BCUT2D eigenvalue weighted by Crippen LogP contribution is -2.34. The third-order valence-electron chi connectivity index (χ3n) is 1.95. The molecule has 3 heteroatoms. The molecule has 0 fully saturated rings. The van der Waals surface area contributed by atoms with E-state index in [1.165, 1.54) is 0 Å². The number of nitrogens with two attached hydrogens (primary N) is 1. The van der Waals surface area contributed by atoms with Crippen molar-refractivity contribution in [3.8, 4) is 5.75 Å². The van der Waals surface area contributed by atoms with Gasteiger partial charge in [0.1, 0.15) is 5.75 Å². The second-order valence-electron chi connectivity index (χ2n) is 4.41. The average Bonchev–Trinajstić information content (AvgIpc) is 1.96. The Morgan fingerprint density at radius 3 is 2.43 bits per heavy atom. The molecule has 0 heterocycles. The molecule has 0 bridgehead atoms. The van der Waals surface area contributed by atoms with Crippen LogP contribution in [0.5, 0.6) is 5.75 Å². The van der Waals surface area contributed by atoms with Crippen LogP contribution in [0.15, 0.2) is 12.1 Å². The zero-order valence-electron chi connectivity index (χ0n) is 8.76. The van der Waals surface area contributed by atoms with E-state index in [0.29, 0.717) is 5.02 Å². The lowest BCUT2D eigenvalue weighted by molar-refractivity contribution is 0.471. The first kappa shape index (κ1) is 11.3. The van der Waals surface area contributed by atoms with E-state index in [4.69, 9.17) is 17.3 Å². The molecule has 0 aliphatic rings. The lowest BCUT2D eigenvalue weighted by Gasteiger charge is -2.19. The Morgan fingerprint density at radius 2 is 2.00 bits per heavy atom. The molecule has 0 unspecified atom stereocenters. The fourth-order valence-corrected chi connectivity index (χ4v) is 1.56. The molecule has 0 atom stereocenters. The Morgan fingerprint density at radius 1 is 1.43 bits per heavy atom. The maximum atomic E-state index is 9.51. The zero-order valence-corrected chi connectivity index (χ0v) is 9.52. The van der Waals surface area contributed by atoms with Crippen molar-refractivity contribution in [1.29, 1.82) is 0 Å². The van der Waals surface area contributed by atoms with Crippen LogP contribution >= 0.6 is 11.6 Å². The van der Waals surface area contributed by atoms with Gasteiger partial charge in [-0.15, -0.1) is 0 Å². The van der Waals surface area contributed by atoms with Crippen LogP contribution in [-0.4, -0.2) is 10.6 Å². The predicted octanol–water partition coefficient (Wildman–Crippen LogP) is 2.63. The number of benzene rings is 1. The molecule has 0 radical (unpaired) electrons. The summed E-state index contributed by atoms with van der Waals surface area (Å²) in [5, 5.41) is 9.92.